The molecule has 0 spiro atoms. The Bertz CT molecular complexity index is 699. The topological polar surface area (TPSA) is 51.1 Å². The molecule has 4 nitrogen and oxygen atoms in total. The van der Waals surface area contributed by atoms with E-state index in [1.165, 1.54) is 25.3 Å². The van der Waals surface area contributed by atoms with Gasteiger partial charge in [-0.1, -0.05) is 31.4 Å². The van der Waals surface area contributed by atoms with E-state index in [9.17, 15) is 9.59 Å². The molecule has 0 bridgehead atoms. The third-order valence-electron chi connectivity index (χ3n) is 4.17. The molecular weight excluding hydrogens is 264 g/mol. The Hall–Kier alpha value is -2.10. The third-order valence-corrected chi connectivity index (χ3v) is 4.17. The van der Waals surface area contributed by atoms with Crippen LogP contribution in [0.1, 0.15) is 32.1 Å². The van der Waals surface area contributed by atoms with Crippen molar-refractivity contribution in [2.75, 3.05) is 0 Å². The maximum Gasteiger partial charge on any atom is 0.240 e. The minimum absolute atomic E-state index is 0.00506. The summed E-state index contributed by atoms with van der Waals surface area (Å²) in [6.45, 7) is 0.261. The highest BCUT2D eigenvalue weighted by Gasteiger charge is 2.16. The average molecular weight is 284 g/mol. The summed E-state index contributed by atoms with van der Waals surface area (Å²) in [4.78, 5) is 24.0. The Morgan fingerprint density at radius 3 is 2.71 bits per heavy atom. The van der Waals surface area contributed by atoms with Crippen molar-refractivity contribution in [1.29, 1.82) is 0 Å². The Morgan fingerprint density at radius 2 is 1.90 bits per heavy atom. The van der Waals surface area contributed by atoms with Gasteiger partial charge in [0, 0.05) is 23.7 Å². The summed E-state index contributed by atoms with van der Waals surface area (Å²) in [5.74, 6) is 0.0238. The Kier molecular flexibility index (Phi) is 4.04. The summed E-state index contributed by atoms with van der Waals surface area (Å²) < 4.78 is 1.84. The molecule has 4 heteroatoms. The molecule has 0 saturated heterocycles. The number of aromatic nitrogens is 1. The van der Waals surface area contributed by atoms with Crippen molar-refractivity contribution in [1.82, 2.24) is 9.88 Å². The molecule has 1 aliphatic rings. The zero-order valence-electron chi connectivity index (χ0n) is 12.0. The van der Waals surface area contributed by atoms with Crippen molar-refractivity contribution in [2.45, 2.75) is 44.7 Å². The van der Waals surface area contributed by atoms with Crippen LogP contribution in [0.2, 0.25) is 0 Å². The van der Waals surface area contributed by atoms with E-state index >= 15 is 0 Å². The van der Waals surface area contributed by atoms with Gasteiger partial charge in [-0.15, -0.1) is 0 Å². The van der Waals surface area contributed by atoms with Crippen LogP contribution in [-0.2, 0) is 11.3 Å². The lowest BCUT2D eigenvalue weighted by molar-refractivity contribution is -0.122. The lowest BCUT2D eigenvalue weighted by atomic mass is 9.95. The molecule has 0 unspecified atom stereocenters. The van der Waals surface area contributed by atoms with Crippen molar-refractivity contribution in [3.8, 4) is 0 Å². The molecule has 1 saturated carbocycles. The first kappa shape index (κ1) is 13.9. The highest BCUT2D eigenvalue weighted by atomic mass is 16.2. The van der Waals surface area contributed by atoms with E-state index < -0.39 is 0 Å². The van der Waals surface area contributed by atoms with Gasteiger partial charge in [0.15, 0.2) is 5.43 Å². The molecule has 1 N–H and O–H groups in total. The third kappa shape index (κ3) is 3.15. The number of carbonyl (C=O) groups is 1. The normalized spacial score (nSPS) is 16.0. The largest absolute Gasteiger partial charge is 0.352 e. The summed E-state index contributed by atoms with van der Waals surface area (Å²) >= 11 is 0. The first-order chi connectivity index (χ1) is 10.2. The number of hydrogen-bond acceptors (Lipinski definition) is 2. The molecule has 2 aromatic rings. The van der Waals surface area contributed by atoms with Crippen molar-refractivity contribution >= 4 is 16.8 Å². The highest BCUT2D eigenvalue weighted by molar-refractivity contribution is 5.82. The van der Waals surface area contributed by atoms with Crippen LogP contribution in [0.4, 0.5) is 0 Å². The van der Waals surface area contributed by atoms with Gasteiger partial charge in [0.2, 0.25) is 5.91 Å². The standard InChI is InChI=1S/C17H20N2O2/c20-16-10-11-19(15-9-5-4-8-14(15)16)12-17(21)18-13-6-2-1-3-7-13/h4-5,8-11,13H,1-3,6-7,12H2,(H,18,21). The summed E-state index contributed by atoms with van der Waals surface area (Å²) in [5, 5.41) is 3.77. The van der Waals surface area contributed by atoms with E-state index in [0.29, 0.717) is 11.4 Å². The van der Waals surface area contributed by atoms with Gasteiger partial charge in [-0.05, 0) is 25.0 Å². The Labute approximate surface area is 123 Å². The lowest BCUT2D eigenvalue weighted by Gasteiger charge is -2.23. The second-order valence-corrected chi connectivity index (χ2v) is 5.73. The van der Waals surface area contributed by atoms with E-state index in [1.807, 2.05) is 22.8 Å². The minimum atomic E-state index is -0.00506. The van der Waals surface area contributed by atoms with Crippen LogP contribution in [0.3, 0.4) is 0 Å². The monoisotopic (exact) mass is 284 g/mol. The van der Waals surface area contributed by atoms with Gasteiger partial charge in [0.1, 0.15) is 6.54 Å². The number of fused-ring (bicyclic) bond motifs is 1. The van der Waals surface area contributed by atoms with Crippen LogP contribution < -0.4 is 10.7 Å². The molecular formula is C17H20N2O2. The zero-order chi connectivity index (χ0) is 14.7. The maximum absolute atomic E-state index is 12.2. The smallest absolute Gasteiger partial charge is 0.240 e. The van der Waals surface area contributed by atoms with Gasteiger partial charge < -0.3 is 9.88 Å². The van der Waals surface area contributed by atoms with Gasteiger partial charge in [-0.3, -0.25) is 9.59 Å². The number of rotatable bonds is 3. The van der Waals surface area contributed by atoms with Crippen LogP contribution >= 0.6 is 0 Å². The first-order valence-electron chi connectivity index (χ1n) is 7.61. The molecule has 0 atom stereocenters. The molecule has 0 aliphatic heterocycles. The molecule has 110 valence electrons. The van der Waals surface area contributed by atoms with Crippen molar-refractivity contribution in [3.63, 3.8) is 0 Å². The molecule has 3 rings (SSSR count). The number of carbonyl (C=O) groups excluding carboxylic acids is 1. The van der Waals surface area contributed by atoms with Crippen LogP contribution in [0.5, 0.6) is 0 Å². The summed E-state index contributed by atoms with van der Waals surface area (Å²) in [7, 11) is 0. The molecule has 1 heterocycles. The Balaban J connectivity index is 1.77. The number of nitrogens with one attached hydrogen (secondary N) is 1. The van der Waals surface area contributed by atoms with Crippen LogP contribution in [0.25, 0.3) is 10.9 Å². The van der Waals surface area contributed by atoms with Crippen LogP contribution in [0.15, 0.2) is 41.3 Å². The predicted octanol–water partition coefficient (Wildman–Crippen LogP) is 2.45. The molecule has 1 aromatic heterocycles. The first-order valence-corrected chi connectivity index (χ1v) is 7.61. The van der Waals surface area contributed by atoms with Crippen molar-refractivity contribution in [3.05, 3.63) is 46.8 Å². The van der Waals surface area contributed by atoms with Crippen LogP contribution in [0, 0.1) is 0 Å². The fraction of sp³-hybridized carbons (Fsp3) is 0.412. The molecule has 21 heavy (non-hydrogen) atoms. The fourth-order valence-electron chi connectivity index (χ4n) is 3.07. The molecule has 1 fully saturated rings. The molecule has 1 aliphatic carbocycles. The fourth-order valence-corrected chi connectivity index (χ4v) is 3.07. The quantitative estimate of drug-likeness (QED) is 0.941. The van der Waals surface area contributed by atoms with E-state index in [4.69, 9.17) is 0 Å². The highest BCUT2D eigenvalue weighted by Crippen LogP contribution is 2.17. The average Bonchev–Trinajstić information content (AvgIpc) is 2.51. The van der Waals surface area contributed by atoms with Gasteiger partial charge >= 0.3 is 0 Å². The second-order valence-electron chi connectivity index (χ2n) is 5.73. The van der Waals surface area contributed by atoms with E-state index in [0.717, 1.165) is 18.4 Å². The lowest BCUT2D eigenvalue weighted by Crippen LogP contribution is -2.38. The van der Waals surface area contributed by atoms with Crippen molar-refractivity contribution < 1.29 is 4.79 Å². The molecule has 1 amide bonds. The van der Waals surface area contributed by atoms with Gasteiger partial charge in [-0.25, -0.2) is 0 Å². The number of hydrogen-bond donors (Lipinski definition) is 1. The van der Waals surface area contributed by atoms with Gasteiger partial charge in [-0.2, -0.15) is 0 Å². The maximum atomic E-state index is 12.2. The number of nitrogens with zero attached hydrogens (tertiary/aromatic N) is 1. The Morgan fingerprint density at radius 1 is 1.14 bits per heavy atom. The number of amides is 1. The van der Waals surface area contributed by atoms with Gasteiger partial charge in [0.25, 0.3) is 0 Å². The van der Waals surface area contributed by atoms with E-state index in [-0.39, 0.29) is 17.9 Å². The summed E-state index contributed by atoms with van der Waals surface area (Å²) in [6.07, 6.45) is 7.53. The van der Waals surface area contributed by atoms with Crippen LogP contribution in [-0.4, -0.2) is 16.5 Å². The van der Waals surface area contributed by atoms with E-state index in [1.54, 1.807) is 12.3 Å². The second kappa shape index (κ2) is 6.12. The van der Waals surface area contributed by atoms with Crippen molar-refractivity contribution in [2.24, 2.45) is 0 Å². The summed E-state index contributed by atoms with van der Waals surface area (Å²) in [6, 6.07) is 9.25. The predicted molar refractivity (Wildman–Crippen MR) is 83.2 cm³/mol. The number of para-hydroxylation sites is 1. The SMILES string of the molecule is O=C(Cn1ccc(=O)c2ccccc21)NC1CCCCC1. The van der Waals surface area contributed by atoms with E-state index in [2.05, 4.69) is 5.32 Å². The molecule has 1 aromatic carbocycles. The number of benzene rings is 1. The van der Waals surface area contributed by atoms with Gasteiger partial charge in [0.05, 0.1) is 5.52 Å². The minimum Gasteiger partial charge on any atom is -0.352 e. The molecule has 0 radical (unpaired) electrons. The number of pyridine rings is 1. The summed E-state index contributed by atoms with van der Waals surface area (Å²) in [5.41, 5.74) is 0.804. The zero-order valence-corrected chi connectivity index (χ0v) is 12.0.